The molecule has 1 fully saturated rings. The van der Waals surface area contributed by atoms with Crippen molar-refractivity contribution in [2.24, 2.45) is 0 Å². The van der Waals surface area contributed by atoms with E-state index < -0.39 is 0 Å². The lowest BCUT2D eigenvalue weighted by Crippen LogP contribution is -2.31. The van der Waals surface area contributed by atoms with Crippen LogP contribution in [-0.4, -0.2) is 28.2 Å². The van der Waals surface area contributed by atoms with Gasteiger partial charge in [-0.25, -0.2) is 0 Å². The fraction of sp³-hybridized carbons (Fsp3) is 0.294. The van der Waals surface area contributed by atoms with E-state index >= 15 is 0 Å². The van der Waals surface area contributed by atoms with Crippen molar-refractivity contribution in [2.45, 2.75) is 19.3 Å². The molecule has 6 heteroatoms. The van der Waals surface area contributed by atoms with Crippen LogP contribution in [0.15, 0.2) is 24.3 Å². The van der Waals surface area contributed by atoms with Gasteiger partial charge in [-0.15, -0.1) is 0 Å². The molecule has 5 N–H and O–H groups in total. The number of rotatable bonds is 1. The van der Waals surface area contributed by atoms with E-state index in [1.54, 1.807) is 18.2 Å². The minimum atomic E-state index is 0.158. The number of nitrogen functional groups attached to an aromatic ring is 2. The van der Waals surface area contributed by atoms with Gasteiger partial charge >= 0.3 is 0 Å². The molecule has 0 amide bonds. The lowest BCUT2D eigenvalue weighted by atomic mass is 10.1. The summed E-state index contributed by atoms with van der Waals surface area (Å²) in [6.07, 6.45) is 3.45. The van der Waals surface area contributed by atoms with E-state index in [0.717, 1.165) is 25.9 Å². The van der Waals surface area contributed by atoms with Gasteiger partial charge in [0.25, 0.3) is 0 Å². The van der Waals surface area contributed by atoms with Gasteiger partial charge in [0.15, 0.2) is 5.82 Å². The van der Waals surface area contributed by atoms with Crippen LogP contribution in [0.1, 0.15) is 30.4 Å². The molecule has 1 aliphatic rings. The molecule has 0 aliphatic carbocycles. The third kappa shape index (κ3) is 3.46. The molecular weight excluding hydrogens is 290 g/mol. The number of aromatic hydroxyl groups is 1. The van der Waals surface area contributed by atoms with Crippen molar-refractivity contribution in [1.29, 1.82) is 0 Å². The first-order valence-electron chi connectivity index (χ1n) is 7.62. The molecule has 2 heterocycles. The molecular formula is C17H19N5O. The van der Waals surface area contributed by atoms with Crippen LogP contribution >= 0.6 is 0 Å². The summed E-state index contributed by atoms with van der Waals surface area (Å²) in [7, 11) is 0. The normalized spacial score (nSPS) is 14.2. The molecule has 3 rings (SSSR count). The number of benzene rings is 1. The van der Waals surface area contributed by atoms with Crippen LogP contribution in [0.5, 0.6) is 5.75 Å². The highest BCUT2D eigenvalue weighted by Gasteiger charge is 2.18. The van der Waals surface area contributed by atoms with Crippen molar-refractivity contribution >= 4 is 17.6 Å². The van der Waals surface area contributed by atoms with E-state index in [-0.39, 0.29) is 17.5 Å². The second-order valence-corrected chi connectivity index (χ2v) is 5.51. The fourth-order valence-corrected chi connectivity index (χ4v) is 2.66. The lowest BCUT2D eigenvalue weighted by molar-refractivity contribution is 0.475. The van der Waals surface area contributed by atoms with Crippen LogP contribution in [0.2, 0.25) is 0 Å². The largest absolute Gasteiger partial charge is 0.508 e. The van der Waals surface area contributed by atoms with E-state index in [2.05, 4.69) is 26.7 Å². The predicted octanol–water partition coefficient (Wildman–Crippen LogP) is 1.74. The molecule has 0 spiro atoms. The maximum atomic E-state index is 9.52. The van der Waals surface area contributed by atoms with Crippen LogP contribution in [0.3, 0.4) is 0 Å². The first-order valence-corrected chi connectivity index (χ1v) is 7.62. The summed E-state index contributed by atoms with van der Waals surface area (Å²) in [5.74, 6) is 7.36. The molecule has 0 radical (unpaired) electrons. The Bertz CT molecular complexity index is 772. The SMILES string of the molecule is Nc1nc(N)c(C#Cc2cccc(O)c2)c(N2CCCCC2)n1. The third-order valence-corrected chi connectivity index (χ3v) is 3.77. The number of aromatic nitrogens is 2. The van der Waals surface area contributed by atoms with Gasteiger partial charge in [0.1, 0.15) is 17.1 Å². The van der Waals surface area contributed by atoms with Crippen molar-refractivity contribution < 1.29 is 5.11 Å². The van der Waals surface area contributed by atoms with Gasteiger partial charge in [-0.3, -0.25) is 0 Å². The predicted molar refractivity (Wildman–Crippen MR) is 91.0 cm³/mol. The van der Waals surface area contributed by atoms with Crippen LogP contribution in [0.4, 0.5) is 17.6 Å². The average Bonchev–Trinajstić information content (AvgIpc) is 2.54. The summed E-state index contributed by atoms with van der Waals surface area (Å²) in [4.78, 5) is 10.5. The second-order valence-electron chi connectivity index (χ2n) is 5.51. The topological polar surface area (TPSA) is 101 Å². The first kappa shape index (κ1) is 15.0. The van der Waals surface area contributed by atoms with Gasteiger partial charge in [-0.1, -0.05) is 17.9 Å². The molecule has 0 bridgehead atoms. The van der Waals surface area contributed by atoms with E-state index in [9.17, 15) is 5.11 Å². The zero-order valence-corrected chi connectivity index (χ0v) is 12.8. The molecule has 1 aromatic heterocycles. The van der Waals surface area contributed by atoms with Crippen molar-refractivity contribution in [3.05, 3.63) is 35.4 Å². The summed E-state index contributed by atoms with van der Waals surface area (Å²) >= 11 is 0. The highest BCUT2D eigenvalue weighted by Crippen LogP contribution is 2.25. The zero-order chi connectivity index (χ0) is 16.2. The summed E-state index contributed by atoms with van der Waals surface area (Å²) in [6, 6.07) is 6.77. The number of hydrogen-bond acceptors (Lipinski definition) is 6. The molecule has 1 saturated heterocycles. The molecule has 1 aliphatic heterocycles. The molecule has 1 aromatic carbocycles. The number of nitrogens with two attached hydrogens (primary N) is 2. The number of nitrogens with zero attached hydrogens (tertiary/aromatic N) is 3. The quantitative estimate of drug-likeness (QED) is 0.694. The van der Waals surface area contributed by atoms with Crippen molar-refractivity contribution in [1.82, 2.24) is 9.97 Å². The number of piperidine rings is 1. The molecule has 23 heavy (non-hydrogen) atoms. The summed E-state index contributed by atoms with van der Waals surface area (Å²) < 4.78 is 0. The summed E-state index contributed by atoms with van der Waals surface area (Å²) in [6.45, 7) is 1.83. The maximum Gasteiger partial charge on any atom is 0.224 e. The first-order chi connectivity index (χ1) is 11.1. The standard InChI is InChI=1S/C17H19N5O/c18-15-14(8-7-12-5-4-6-13(23)11-12)16(21-17(19)20-15)22-9-2-1-3-10-22/h4-6,11,23H,1-3,9-10H2,(H4,18,19,20,21). The van der Waals surface area contributed by atoms with Gasteiger partial charge in [-0.05, 0) is 37.5 Å². The lowest BCUT2D eigenvalue weighted by Gasteiger charge is -2.28. The highest BCUT2D eigenvalue weighted by atomic mass is 16.3. The maximum absolute atomic E-state index is 9.52. The Hall–Kier alpha value is -2.94. The minimum Gasteiger partial charge on any atom is -0.508 e. The van der Waals surface area contributed by atoms with Gasteiger partial charge in [0.2, 0.25) is 5.95 Å². The van der Waals surface area contributed by atoms with Gasteiger partial charge in [0, 0.05) is 18.7 Å². The Morgan fingerprint density at radius 1 is 1.04 bits per heavy atom. The van der Waals surface area contributed by atoms with Crippen LogP contribution in [0.25, 0.3) is 0 Å². The Balaban J connectivity index is 2.01. The van der Waals surface area contributed by atoms with Crippen LogP contribution in [0, 0.1) is 11.8 Å². The Kier molecular flexibility index (Phi) is 4.20. The highest BCUT2D eigenvalue weighted by molar-refractivity contribution is 5.68. The molecule has 6 nitrogen and oxygen atoms in total. The van der Waals surface area contributed by atoms with E-state index in [1.165, 1.54) is 6.42 Å². The Labute approximate surface area is 135 Å². The van der Waals surface area contributed by atoms with Gasteiger partial charge in [-0.2, -0.15) is 9.97 Å². The van der Waals surface area contributed by atoms with Gasteiger partial charge in [0.05, 0.1) is 0 Å². The minimum absolute atomic E-state index is 0.158. The molecule has 0 atom stereocenters. The Morgan fingerprint density at radius 3 is 2.57 bits per heavy atom. The number of phenolic OH excluding ortho intramolecular Hbond substituents is 1. The fourth-order valence-electron chi connectivity index (χ4n) is 2.66. The van der Waals surface area contributed by atoms with Crippen molar-refractivity contribution in [3.8, 4) is 17.6 Å². The molecule has 0 unspecified atom stereocenters. The van der Waals surface area contributed by atoms with E-state index in [1.807, 2.05) is 6.07 Å². The number of phenols is 1. The van der Waals surface area contributed by atoms with Crippen LogP contribution in [-0.2, 0) is 0 Å². The summed E-state index contributed by atoms with van der Waals surface area (Å²) in [5.41, 5.74) is 13.1. The van der Waals surface area contributed by atoms with E-state index in [0.29, 0.717) is 16.9 Å². The third-order valence-electron chi connectivity index (χ3n) is 3.77. The number of anilines is 3. The number of hydrogen-bond donors (Lipinski definition) is 3. The smallest absolute Gasteiger partial charge is 0.224 e. The second kappa shape index (κ2) is 6.44. The van der Waals surface area contributed by atoms with Gasteiger partial charge < -0.3 is 21.5 Å². The Morgan fingerprint density at radius 2 is 1.83 bits per heavy atom. The zero-order valence-electron chi connectivity index (χ0n) is 12.8. The molecule has 0 saturated carbocycles. The summed E-state index contributed by atoms with van der Waals surface area (Å²) in [5, 5.41) is 9.52. The van der Waals surface area contributed by atoms with Crippen molar-refractivity contribution in [3.63, 3.8) is 0 Å². The van der Waals surface area contributed by atoms with Crippen LogP contribution < -0.4 is 16.4 Å². The monoisotopic (exact) mass is 309 g/mol. The molecule has 2 aromatic rings. The van der Waals surface area contributed by atoms with E-state index in [4.69, 9.17) is 11.5 Å². The average molecular weight is 309 g/mol. The molecule has 118 valence electrons. The van der Waals surface area contributed by atoms with Crippen molar-refractivity contribution in [2.75, 3.05) is 29.5 Å².